The lowest BCUT2D eigenvalue weighted by Gasteiger charge is -2.37. The van der Waals surface area contributed by atoms with Gasteiger partial charge >= 0.3 is 12.3 Å². The minimum absolute atomic E-state index is 0.0256. The number of rotatable bonds is 7. The number of carbonyl (C=O) groups is 3. The fraction of sp³-hybridized carbons (Fsp3) is 0.400. The Labute approximate surface area is 264 Å². The Kier molecular flexibility index (Phi) is 8.87. The maximum atomic E-state index is 13.2. The molecule has 0 N–H and O–H groups in total. The monoisotopic (exact) mass is 637 g/mol. The van der Waals surface area contributed by atoms with E-state index in [1.807, 2.05) is 12.1 Å². The number of benzene rings is 3. The van der Waals surface area contributed by atoms with Crippen molar-refractivity contribution >= 4 is 17.8 Å². The zero-order valence-electron chi connectivity index (χ0n) is 25.3. The zero-order chi connectivity index (χ0) is 32.5. The van der Waals surface area contributed by atoms with Gasteiger partial charge in [-0.3, -0.25) is 19.4 Å². The molecule has 2 amide bonds. The van der Waals surface area contributed by atoms with Gasteiger partial charge in [0.1, 0.15) is 11.4 Å². The number of alkyl halides is 3. The number of Topliss-reactive ketones (excluding diaryl/α,β-unsaturated/α-hetero) is 1. The molecule has 11 heteroatoms. The van der Waals surface area contributed by atoms with E-state index in [2.05, 4.69) is 4.90 Å². The van der Waals surface area contributed by atoms with Gasteiger partial charge in [-0.05, 0) is 72.5 Å². The van der Waals surface area contributed by atoms with Crippen LogP contribution in [-0.2, 0) is 24.0 Å². The van der Waals surface area contributed by atoms with Gasteiger partial charge in [-0.1, -0.05) is 24.3 Å². The van der Waals surface area contributed by atoms with Crippen molar-refractivity contribution in [3.8, 4) is 0 Å². The molecule has 0 unspecified atom stereocenters. The van der Waals surface area contributed by atoms with Crippen LogP contribution in [0.2, 0.25) is 0 Å². The van der Waals surface area contributed by atoms with Crippen molar-refractivity contribution in [3.63, 3.8) is 0 Å². The maximum absolute atomic E-state index is 13.2. The smallest absolute Gasteiger partial charge is 0.416 e. The molecule has 1 spiro atoms. The molecular formula is C35H35F4N3O4. The van der Waals surface area contributed by atoms with Gasteiger partial charge in [-0.15, -0.1) is 0 Å². The number of amides is 2. The molecule has 0 aliphatic carbocycles. The summed E-state index contributed by atoms with van der Waals surface area (Å²) >= 11 is 0. The van der Waals surface area contributed by atoms with Crippen molar-refractivity contribution in [2.24, 2.45) is 5.92 Å². The second-order valence-corrected chi connectivity index (χ2v) is 12.5. The van der Waals surface area contributed by atoms with Crippen LogP contribution in [-0.4, -0.2) is 70.8 Å². The highest BCUT2D eigenvalue weighted by Crippen LogP contribution is 2.35. The number of ketones is 1. The summed E-state index contributed by atoms with van der Waals surface area (Å²) in [5, 5.41) is 0. The Morgan fingerprint density at radius 3 is 1.96 bits per heavy atom. The van der Waals surface area contributed by atoms with Crippen LogP contribution in [0.3, 0.4) is 0 Å². The standard InChI is InChI=1S/C35H35F4N3O4/c36-30-11-7-26(8-12-30)31(43)27-13-17-41(18-14-27)32(44)28-5-1-25(2-6-28)22-42-23-34(46-33(42)45)15-19-40(20-16-34)21-24-3-9-29(10-4-24)35(37,38)39/h1-12,27H,13-23H2. The number of carbonyl (C=O) groups excluding carboxylic acids is 3. The summed E-state index contributed by atoms with van der Waals surface area (Å²) in [6, 6.07) is 17.9. The molecule has 3 aliphatic rings. The predicted octanol–water partition coefficient (Wildman–Crippen LogP) is 6.57. The molecule has 242 valence electrons. The number of hydrogen-bond acceptors (Lipinski definition) is 5. The van der Waals surface area contributed by atoms with Gasteiger partial charge in [0, 0.05) is 69.2 Å². The van der Waals surface area contributed by atoms with Gasteiger partial charge in [-0.2, -0.15) is 13.2 Å². The summed E-state index contributed by atoms with van der Waals surface area (Å²) in [4.78, 5) is 44.3. The van der Waals surface area contributed by atoms with Crippen LogP contribution < -0.4 is 0 Å². The number of piperidine rings is 2. The Morgan fingerprint density at radius 1 is 0.783 bits per heavy atom. The number of halogens is 4. The van der Waals surface area contributed by atoms with Gasteiger partial charge in [0.25, 0.3) is 5.91 Å². The lowest BCUT2D eigenvalue weighted by molar-refractivity contribution is -0.137. The van der Waals surface area contributed by atoms with Crippen molar-refractivity contribution in [2.75, 3.05) is 32.7 Å². The fourth-order valence-electron chi connectivity index (χ4n) is 6.60. The van der Waals surface area contributed by atoms with E-state index >= 15 is 0 Å². The molecule has 46 heavy (non-hydrogen) atoms. The number of ether oxygens (including phenoxy) is 1. The predicted molar refractivity (Wildman–Crippen MR) is 161 cm³/mol. The van der Waals surface area contributed by atoms with E-state index in [4.69, 9.17) is 4.74 Å². The molecule has 6 rings (SSSR count). The van der Waals surface area contributed by atoms with Gasteiger partial charge in [0.05, 0.1) is 12.1 Å². The molecule has 7 nitrogen and oxygen atoms in total. The topological polar surface area (TPSA) is 70.2 Å². The van der Waals surface area contributed by atoms with Gasteiger partial charge in [-0.25, -0.2) is 9.18 Å². The minimum atomic E-state index is -4.36. The van der Waals surface area contributed by atoms with Gasteiger partial charge in [0.2, 0.25) is 0 Å². The molecule has 3 fully saturated rings. The van der Waals surface area contributed by atoms with E-state index in [0.717, 1.165) is 23.3 Å². The molecule has 3 heterocycles. The highest BCUT2D eigenvalue weighted by molar-refractivity contribution is 5.98. The molecule has 0 atom stereocenters. The Hall–Kier alpha value is -4.25. The first kappa shape index (κ1) is 31.7. The van der Waals surface area contributed by atoms with E-state index in [1.54, 1.807) is 21.9 Å². The third kappa shape index (κ3) is 7.09. The molecule has 0 bridgehead atoms. The van der Waals surface area contributed by atoms with Gasteiger partial charge in [0.15, 0.2) is 5.78 Å². The van der Waals surface area contributed by atoms with Crippen LogP contribution in [0.4, 0.5) is 22.4 Å². The summed E-state index contributed by atoms with van der Waals surface area (Å²) in [7, 11) is 0. The molecule has 0 aromatic heterocycles. The number of nitrogens with zero attached hydrogens (tertiary/aromatic N) is 3. The summed E-state index contributed by atoms with van der Waals surface area (Å²) in [6.45, 7) is 3.58. The largest absolute Gasteiger partial charge is 0.441 e. The van der Waals surface area contributed by atoms with Crippen LogP contribution in [0.5, 0.6) is 0 Å². The Balaban J connectivity index is 0.969. The molecule has 3 saturated heterocycles. The highest BCUT2D eigenvalue weighted by atomic mass is 19.4. The normalized spacial score (nSPS) is 19.0. The summed E-state index contributed by atoms with van der Waals surface area (Å²) in [6.07, 6.45) is -2.37. The van der Waals surface area contributed by atoms with Gasteiger partial charge < -0.3 is 9.64 Å². The van der Waals surface area contributed by atoms with E-state index < -0.39 is 17.3 Å². The van der Waals surface area contributed by atoms with Crippen LogP contribution in [0.15, 0.2) is 72.8 Å². The molecule has 0 radical (unpaired) electrons. The number of hydrogen-bond donors (Lipinski definition) is 0. The van der Waals surface area contributed by atoms with Crippen LogP contribution >= 0.6 is 0 Å². The van der Waals surface area contributed by atoms with Crippen molar-refractivity contribution < 1.29 is 36.7 Å². The quantitative estimate of drug-likeness (QED) is 0.217. The first-order chi connectivity index (χ1) is 22.0. The highest BCUT2D eigenvalue weighted by Gasteiger charge is 2.46. The third-order valence-electron chi connectivity index (χ3n) is 9.35. The van der Waals surface area contributed by atoms with E-state index in [-0.39, 0.29) is 29.5 Å². The van der Waals surface area contributed by atoms with Crippen LogP contribution in [0.25, 0.3) is 0 Å². The average molecular weight is 638 g/mol. The minimum Gasteiger partial charge on any atom is -0.441 e. The Bertz CT molecular complexity index is 1560. The molecular weight excluding hydrogens is 602 g/mol. The second-order valence-electron chi connectivity index (χ2n) is 12.5. The summed E-state index contributed by atoms with van der Waals surface area (Å²) in [5.74, 6) is -0.724. The average Bonchev–Trinajstić information content (AvgIpc) is 3.35. The third-order valence-corrected chi connectivity index (χ3v) is 9.35. The van der Waals surface area contributed by atoms with E-state index in [1.165, 1.54) is 36.4 Å². The zero-order valence-corrected chi connectivity index (χ0v) is 25.3. The molecule has 3 aromatic carbocycles. The molecule has 3 aromatic rings. The second kappa shape index (κ2) is 12.9. The molecule has 0 saturated carbocycles. The van der Waals surface area contributed by atoms with Crippen LogP contribution in [0, 0.1) is 11.7 Å². The lowest BCUT2D eigenvalue weighted by Crippen LogP contribution is -2.46. The van der Waals surface area contributed by atoms with E-state index in [9.17, 15) is 31.9 Å². The first-order valence-corrected chi connectivity index (χ1v) is 15.5. The first-order valence-electron chi connectivity index (χ1n) is 15.5. The number of likely N-dealkylation sites (tertiary alicyclic amines) is 2. The summed E-state index contributed by atoms with van der Waals surface area (Å²) < 4.78 is 57.7. The van der Waals surface area contributed by atoms with Crippen molar-refractivity contribution in [2.45, 2.75) is 50.6 Å². The summed E-state index contributed by atoms with van der Waals surface area (Å²) in [5.41, 5.74) is 1.44. The van der Waals surface area contributed by atoms with Crippen molar-refractivity contribution in [1.29, 1.82) is 0 Å². The fourth-order valence-corrected chi connectivity index (χ4v) is 6.60. The SMILES string of the molecule is O=C(c1ccc(F)cc1)C1CCN(C(=O)c2ccc(CN3CC4(CCN(Cc5ccc(C(F)(F)F)cc5)CC4)OC3=O)cc2)CC1. The lowest BCUT2D eigenvalue weighted by atomic mass is 9.88. The Morgan fingerprint density at radius 2 is 1.35 bits per heavy atom. The molecule has 3 aliphatic heterocycles. The van der Waals surface area contributed by atoms with E-state index in [0.29, 0.717) is 82.6 Å². The maximum Gasteiger partial charge on any atom is 0.416 e. The van der Waals surface area contributed by atoms with Crippen LogP contribution in [0.1, 0.15) is 63.1 Å². The van der Waals surface area contributed by atoms with Crippen molar-refractivity contribution in [3.05, 3.63) is 106 Å². The van der Waals surface area contributed by atoms with Crippen molar-refractivity contribution in [1.82, 2.24) is 14.7 Å².